The first kappa shape index (κ1) is 13.8. The highest BCUT2D eigenvalue weighted by atomic mass is 35.5. The monoisotopic (exact) mass is 297 g/mol. The van der Waals surface area contributed by atoms with Gasteiger partial charge in [-0.2, -0.15) is 0 Å². The van der Waals surface area contributed by atoms with Gasteiger partial charge in [0.1, 0.15) is 0 Å². The Balaban J connectivity index is 0.00000133. The van der Waals surface area contributed by atoms with E-state index in [1.807, 2.05) is 35.2 Å². The Morgan fingerprint density at radius 1 is 1.21 bits per heavy atom. The van der Waals surface area contributed by atoms with Crippen LogP contribution in [0.5, 0.6) is 0 Å². The van der Waals surface area contributed by atoms with E-state index in [-0.39, 0.29) is 18.4 Å². The molecule has 19 heavy (non-hydrogen) atoms. The number of hydrogen-bond donors (Lipinski definition) is 2. The predicted octanol–water partition coefficient (Wildman–Crippen LogP) is 2.93. The summed E-state index contributed by atoms with van der Waals surface area (Å²) in [6, 6.07) is 9.91. The molecule has 4 nitrogen and oxygen atoms in total. The van der Waals surface area contributed by atoms with E-state index in [0.29, 0.717) is 13.1 Å². The van der Waals surface area contributed by atoms with Gasteiger partial charge in [0, 0.05) is 23.5 Å². The zero-order valence-electron chi connectivity index (χ0n) is 10.0. The van der Waals surface area contributed by atoms with Gasteiger partial charge in [-0.1, -0.05) is 41.0 Å². The number of rotatable bonds is 0. The molecule has 3 rings (SSSR count). The molecule has 1 heterocycles. The summed E-state index contributed by atoms with van der Waals surface area (Å²) in [4.78, 5) is 1.82. The summed E-state index contributed by atoms with van der Waals surface area (Å²) in [5.41, 5.74) is 7.95. The number of benzene rings is 2. The molecule has 3 N–H and O–H groups in total. The van der Waals surface area contributed by atoms with Crippen LogP contribution in [0.3, 0.4) is 0 Å². The van der Waals surface area contributed by atoms with Crippen LogP contribution in [-0.2, 0) is 13.1 Å². The van der Waals surface area contributed by atoms with Gasteiger partial charge < -0.3 is 15.8 Å². The fourth-order valence-corrected chi connectivity index (χ4v) is 2.70. The molecule has 0 bridgehead atoms. The van der Waals surface area contributed by atoms with Crippen molar-refractivity contribution in [3.63, 3.8) is 0 Å². The normalized spacial score (nSPS) is 14.4. The van der Waals surface area contributed by atoms with E-state index in [2.05, 4.69) is 5.16 Å². The maximum Gasteiger partial charge on any atom is 0.233 e. The molecule has 100 valence electrons. The molecule has 1 aliphatic heterocycles. The number of nitrogens with two attached hydrogens (primary N) is 1. The maximum atomic E-state index is 8.77. The SMILES string of the molecule is Cl.N/C(=N\O)N1Cc2cccc3c(Cl)ccc(c23)C1. The van der Waals surface area contributed by atoms with E-state index in [1.165, 1.54) is 5.39 Å². The first-order valence-corrected chi connectivity index (χ1v) is 6.00. The smallest absolute Gasteiger partial charge is 0.233 e. The summed E-state index contributed by atoms with van der Waals surface area (Å²) >= 11 is 6.21. The molecule has 0 aliphatic carbocycles. The number of hydrogen-bond acceptors (Lipinski definition) is 2. The zero-order valence-corrected chi connectivity index (χ0v) is 11.6. The van der Waals surface area contributed by atoms with Crippen molar-refractivity contribution in [2.45, 2.75) is 13.1 Å². The summed E-state index contributed by atoms with van der Waals surface area (Å²) in [5.74, 6) is 0.132. The maximum absolute atomic E-state index is 8.77. The minimum absolute atomic E-state index is 0. The van der Waals surface area contributed by atoms with Crippen molar-refractivity contribution in [3.8, 4) is 0 Å². The first-order chi connectivity index (χ1) is 8.70. The average molecular weight is 298 g/mol. The van der Waals surface area contributed by atoms with Crippen LogP contribution in [0.2, 0.25) is 5.02 Å². The number of oxime groups is 1. The quantitative estimate of drug-likeness (QED) is 0.340. The second-order valence-corrected chi connectivity index (χ2v) is 4.77. The number of guanidine groups is 1. The molecule has 2 aromatic rings. The van der Waals surface area contributed by atoms with Crippen LogP contribution in [0.25, 0.3) is 10.8 Å². The highest BCUT2D eigenvalue weighted by Crippen LogP contribution is 2.33. The van der Waals surface area contributed by atoms with Gasteiger partial charge in [0.15, 0.2) is 0 Å². The van der Waals surface area contributed by atoms with Crippen molar-refractivity contribution < 1.29 is 5.21 Å². The van der Waals surface area contributed by atoms with E-state index < -0.39 is 0 Å². The summed E-state index contributed by atoms with van der Waals surface area (Å²) in [6.07, 6.45) is 0. The molecule has 0 radical (unpaired) electrons. The topological polar surface area (TPSA) is 61.9 Å². The van der Waals surface area contributed by atoms with E-state index in [1.54, 1.807) is 0 Å². The lowest BCUT2D eigenvalue weighted by atomic mass is 9.95. The Morgan fingerprint density at radius 2 is 1.89 bits per heavy atom. The lowest BCUT2D eigenvalue weighted by Crippen LogP contribution is -2.38. The Hall–Kier alpha value is -1.65. The Bertz CT molecular complexity index is 645. The Labute approximate surface area is 121 Å². The third-order valence-corrected chi connectivity index (χ3v) is 3.64. The summed E-state index contributed by atoms with van der Waals surface area (Å²) in [6.45, 7) is 1.25. The molecule has 6 heteroatoms. The summed E-state index contributed by atoms with van der Waals surface area (Å²) < 4.78 is 0. The lowest BCUT2D eigenvalue weighted by molar-refractivity contribution is 0.293. The molecular weight excluding hydrogens is 285 g/mol. The second-order valence-electron chi connectivity index (χ2n) is 4.36. The van der Waals surface area contributed by atoms with Gasteiger partial charge in [0.25, 0.3) is 0 Å². The van der Waals surface area contributed by atoms with Crippen LogP contribution in [0.15, 0.2) is 35.5 Å². The van der Waals surface area contributed by atoms with Crippen molar-refractivity contribution in [2.75, 3.05) is 0 Å². The molecule has 2 aromatic carbocycles. The number of nitrogens with zero attached hydrogens (tertiary/aromatic N) is 2. The van der Waals surface area contributed by atoms with Gasteiger partial charge in [-0.05, 0) is 22.6 Å². The van der Waals surface area contributed by atoms with Crippen LogP contribution in [-0.4, -0.2) is 16.1 Å². The summed E-state index contributed by atoms with van der Waals surface area (Å²) in [7, 11) is 0. The fraction of sp³-hybridized carbons (Fsp3) is 0.154. The Kier molecular flexibility index (Phi) is 3.73. The van der Waals surface area contributed by atoms with E-state index in [9.17, 15) is 0 Å². The standard InChI is InChI=1S/C13H12ClN3O.ClH/c14-11-5-4-9-7-17(13(15)16-18)6-8-2-1-3-10(11)12(8)9;/h1-5,18H,6-7H2,(H2,15,16);1H. The Morgan fingerprint density at radius 3 is 2.58 bits per heavy atom. The molecule has 0 saturated carbocycles. The second kappa shape index (κ2) is 5.15. The van der Waals surface area contributed by atoms with Gasteiger partial charge >= 0.3 is 0 Å². The number of halogens is 2. The van der Waals surface area contributed by atoms with Crippen molar-refractivity contribution in [3.05, 3.63) is 46.5 Å². The van der Waals surface area contributed by atoms with Crippen molar-refractivity contribution >= 4 is 40.7 Å². The van der Waals surface area contributed by atoms with Crippen LogP contribution in [0.4, 0.5) is 0 Å². The van der Waals surface area contributed by atoms with Crippen LogP contribution < -0.4 is 5.73 Å². The minimum atomic E-state index is 0. The van der Waals surface area contributed by atoms with Gasteiger partial charge in [-0.15, -0.1) is 12.4 Å². The van der Waals surface area contributed by atoms with Gasteiger partial charge in [-0.25, -0.2) is 0 Å². The largest absolute Gasteiger partial charge is 0.408 e. The summed E-state index contributed by atoms with van der Waals surface area (Å²) in [5, 5.41) is 14.8. The third kappa shape index (κ3) is 2.17. The molecule has 0 atom stereocenters. The molecule has 0 spiro atoms. The van der Waals surface area contributed by atoms with E-state index >= 15 is 0 Å². The molecule has 0 saturated heterocycles. The highest BCUT2D eigenvalue weighted by Gasteiger charge is 2.20. The molecule has 0 unspecified atom stereocenters. The van der Waals surface area contributed by atoms with Crippen molar-refractivity contribution in [1.29, 1.82) is 0 Å². The van der Waals surface area contributed by atoms with Crippen molar-refractivity contribution in [2.24, 2.45) is 10.9 Å². The van der Waals surface area contributed by atoms with Crippen LogP contribution in [0.1, 0.15) is 11.1 Å². The minimum Gasteiger partial charge on any atom is -0.408 e. The zero-order chi connectivity index (χ0) is 12.7. The van der Waals surface area contributed by atoms with E-state index in [0.717, 1.165) is 21.5 Å². The molecule has 0 amide bonds. The molecule has 1 aliphatic rings. The predicted molar refractivity (Wildman–Crippen MR) is 78.9 cm³/mol. The fourth-order valence-electron chi connectivity index (χ4n) is 2.48. The highest BCUT2D eigenvalue weighted by molar-refractivity contribution is 6.35. The van der Waals surface area contributed by atoms with Gasteiger partial charge in [-0.3, -0.25) is 0 Å². The molecule has 0 aromatic heterocycles. The van der Waals surface area contributed by atoms with Crippen LogP contribution >= 0.6 is 24.0 Å². The third-order valence-electron chi connectivity index (χ3n) is 3.31. The lowest BCUT2D eigenvalue weighted by Gasteiger charge is -2.29. The van der Waals surface area contributed by atoms with Crippen molar-refractivity contribution in [1.82, 2.24) is 4.90 Å². The van der Waals surface area contributed by atoms with E-state index in [4.69, 9.17) is 22.5 Å². The first-order valence-electron chi connectivity index (χ1n) is 5.62. The van der Waals surface area contributed by atoms with Gasteiger partial charge in [0.05, 0.1) is 0 Å². The van der Waals surface area contributed by atoms with Crippen LogP contribution in [0, 0.1) is 0 Å². The van der Waals surface area contributed by atoms with Gasteiger partial charge in [0.2, 0.25) is 5.96 Å². The molecule has 0 fully saturated rings. The average Bonchev–Trinajstić information content (AvgIpc) is 2.41. The molecular formula is C13H13Cl2N3O.